The molecule has 1 aromatic carbocycles. The van der Waals surface area contributed by atoms with E-state index in [0.29, 0.717) is 11.6 Å². The van der Waals surface area contributed by atoms with Crippen LogP contribution in [0.25, 0.3) is 0 Å². The van der Waals surface area contributed by atoms with Crippen molar-refractivity contribution in [2.75, 3.05) is 0 Å². The molecular formula is C14H17ClN2O2S2. The van der Waals surface area contributed by atoms with Gasteiger partial charge in [-0.2, -0.15) is 0 Å². The minimum absolute atomic E-state index is 0.152. The van der Waals surface area contributed by atoms with E-state index in [1.807, 2.05) is 18.4 Å². The highest BCUT2D eigenvalue weighted by atomic mass is 35.5. The molecule has 21 heavy (non-hydrogen) atoms. The van der Waals surface area contributed by atoms with Crippen LogP contribution in [0.5, 0.6) is 0 Å². The van der Waals surface area contributed by atoms with Crippen LogP contribution in [0.1, 0.15) is 22.9 Å². The van der Waals surface area contributed by atoms with E-state index in [1.54, 1.807) is 17.4 Å². The van der Waals surface area contributed by atoms with Crippen LogP contribution in [-0.4, -0.2) is 8.42 Å². The smallest absolute Gasteiger partial charge is 0.240 e. The van der Waals surface area contributed by atoms with Crippen molar-refractivity contribution >= 4 is 33.0 Å². The summed E-state index contributed by atoms with van der Waals surface area (Å²) in [5.74, 6) is 0. The van der Waals surface area contributed by atoms with E-state index in [2.05, 4.69) is 4.72 Å². The van der Waals surface area contributed by atoms with E-state index < -0.39 is 10.0 Å². The summed E-state index contributed by atoms with van der Waals surface area (Å²) in [5, 5.41) is 2.33. The number of halogens is 1. The van der Waals surface area contributed by atoms with Crippen LogP contribution in [0.15, 0.2) is 34.5 Å². The lowest BCUT2D eigenvalue weighted by Crippen LogP contribution is -2.23. The molecule has 0 amide bonds. The third kappa shape index (κ3) is 3.84. The molecule has 1 heterocycles. The van der Waals surface area contributed by atoms with Gasteiger partial charge in [0.15, 0.2) is 0 Å². The molecule has 0 aliphatic carbocycles. The molecule has 0 saturated carbocycles. The average molecular weight is 345 g/mol. The maximum Gasteiger partial charge on any atom is 0.240 e. The van der Waals surface area contributed by atoms with Crippen molar-refractivity contribution in [2.24, 2.45) is 5.73 Å². The molecule has 2 aromatic rings. The second kappa shape index (κ2) is 6.89. The zero-order chi connectivity index (χ0) is 15.5. The van der Waals surface area contributed by atoms with Crippen molar-refractivity contribution < 1.29 is 8.42 Å². The van der Waals surface area contributed by atoms with Gasteiger partial charge in [-0.1, -0.05) is 24.6 Å². The Balaban J connectivity index is 2.17. The highest BCUT2D eigenvalue weighted by Gasteiger charge is 2.16. The van der Waals surface area contributed by atoms with E-state index in [1.165, 1.54) is 17.7 Å². The lowest BCUT2D eigenvalue weighted by atomic mass is 10.2. The zero-order valence-corrected chi connectivity index (χ0v) is 14.0. The average Bonchev–Trinajstić information content (AvgIpc) is 2.92. The minimum Gasteiger partial charge on any atom is -0.326 e. The molecular weight excluding hydrogens is 328 g/mol. The van der Waals surface area contributed by atoms with Crippen LogP contribution in [0.3, 0.4) is 0 Å². The van der Waals surface area contributed by atoms with Gasteiger partial charge in [-0.25, -0.2) is 13.1 Å². The second-order valence-corrected chi connectivity index (χ2v) is 7.68. The van der Waals surface area contributed by atoms with Gasteiger partial charge in [0, 0.05) is 23.0 Å². The molecule has 0 bridgehead atoms. The number of benzene rings is 1. The van der Waals surface area contributed by atoms with Gasteiger partial charge in [-0.3, -0.25) is 0 Å². The van der Waals surface area contributed by atoms with Crippen LogP contribution in [0.2, 0.25) is 5.02 Å². The third-order valence-electron chi connectivity index (χ3n) is 3.20. The summed E-state index contributed by atoms with van der Waals surface area (Å²) in [5.41, 5.74) is 7.41. The van der Waals surface area contributed by atoms with Gasteiger partial charge >= 0.3 is 0 Å². The van der Waals surface area contributed by atoms with E-state index in [-0.39, 0.29) is 11.4 Å². The molecule has 1 aromatic heterocycles. The molecule has 2 rings (SSSR count). The first-order valence-corrected chi connectivity index (χ1v) is 9.25. The summed E-state index contributed by atoms with van der Waals surface area (Å²) in [6.07, 6.45) is 0.886. The Hall–Kier alpha value is -0.920. The van der Waals surface area contributed by atoms with Crippen molar-refractivity contribution in [3.8, 4) is 0 Å². The highest BCUT2D eigenvalue weighted by molar-refractivity contribution is 7.89. The van der Waals surface area contributed by atoms with Crippen molar-refractivity contribution in [1.82, 2.24) is 4.72 Å². The fourth-order valence-electron chi connectivity index (χ4n) is 1.94. The number of hydrogen-bond acceptors (Lipinski definition) is 4. The molecule has 0 saturated heterocycles. The maximum atomic E-state index is 12.3. The number of sulfonamides is 1. The predicted octanol–water partition coefficient (Wildman–Crippen LogP) is 2.90. The Morgan fingerprint density at radius 2 is 2.05 bits per heavy atom. The van der Waals surface area contributed by atoms with Gasteiger partial charge in [0.2, 0.25) is 10.0 Å². The van der Waals surface area contributed by atoms with Crippen molar-refractivity contribution in [1.29, 1.82) is 0 Å². The quantitative estimate of drug-likeness (QED) is 0.846. The molecule has 0 fully saturated rings. The first-order chi connectivity index (χ1) is 9.97. The SMILES string of the molecule is CCc1ccsc1CNS(=O)(=O)c1ccc(CN)c(Cl)c1. The normalized spacial score (nSPS) is 11.8. The van der Waals surface area contributed by atoms with E-state index in [9.17, 15) is 8.42 Å². The Labute approximate surface area is 134 Å². The molecule has 0 spiro atoms. The number of hydrogen-bond donors (Lipinski definition) is 2. The van der Waals surface area contributed by atoms with Gasteiger partial charge in [-0.05, 0) is 41.1 Å². The Bertz CT molecular complexity index is 726. The van der Waals surface area contributed by atoms with Gasteiger partial charge in [0.25, 0.3) is 0 Å². The summed E-state index contributed by atoms with van der Waals surface area (Å²) in [6, 6.07) is 6.60. The summed E-state index contributed by atoms with van der Waals surface area (Å²) < 4.78 is 27.2. The maximum absolute atomic E-state index is 12.3. The van der Waals surface area contributed by atoms with Crippen molar-refractivity contribution in [2.45, 2.75) is 31.3 Å². The standard InChI is InChI=1S/C14H17ClN2O2S2/c1-2-10-5-6-20-14(10)9-17-21(18,19)12-4-3-11(8-16)13(15)7-12/h3-7,17H,2,8-9,16H2,1H3. The van der Waals surface area contributed by atoms with E-state index in [0.717, 1.165) is 16.9 Å². The first kappa shape index (κ1) is 16.5. The van der Waals surface area contributed by atoms with Crippen LogP contribution < -0.4 is 10.5 Å². The lowest BCUT2D eigenvalue weighted by Gasteiger charge is -2.09. The molecule has 0 unspecified atom stereocenters. The third-order valence-corrected chi connectivity index (χ3v) is 5.91. The summed E-state index contributed by atoms with van der Waals surface area (Å²) >= 11 is 7.56. The summed E-state index contributed by atoms with van der Waals surface area (Å²) in [4.78, 5) is 1.19. The summed E-state index contributed by atoms with van der Waals surface area (Å²) in [7, 11) is -3.58. The predicted molar refractivity (Wildman–Crippen MR) is 87.1 cm³/mol. The molecule has 4 nitrogen and oxygen atoms in total. The fraction of sp³-hybridized carbons (Fsp3) is 0.286. The topological polar surface area (TPSA) is 72.2 Å². The molecule has 3 N–H and O–H groups in total. The van der Waals surface area contributed by atoms with Crippen LogP contribution >= 0.6 is 22.9 Å². The molecule has 0 atom stereocenters. The van der Waals surface area contributed by atoms with Crippen LogP contribution in [0, 0.1) is 0 Å². The zero-order valence-electron chi connectivity index (χ0n) is 11.6. The van der Waals surface area contributed by atoms with E-state index >= 15 is 0 Å². The molecule has 0 radical (unpaired) electrons. The van der Waals surface area contributed by atoms with Gasteiger partial charge in [-0.15, -0.1) is 11.3 Å². The molecule has 0 aliphatic rings. The molecule has 0 aliphatic heterocycles. The number of aryl methyl sites for hydroxylation is 1. The minimum atomic E-state index is -3.58. The molecule has 7 heteroatoms. The monoisotopic (exact) mass is 344 g/mol. The second-order valence-electron chi connectivity index (χ2n) is 4.50. The Morgan fingerprint density at radius 3 is 2.67 bits per heavy atom. The Morgan fingerprint density at radius 1 is 1.29 bits per heavy atom. The summed E-state index contributed by atoms with van der Waals surface area (Å²) in [6.45, 7) is 2.62. The first-order valence-electron chi connectivity index (χ1n) is 6.51. The van der Waals surface area contributed by atoms with E-state index in [4.69, 9.17) is 17.3 Å². The highest BCUT2D eigenvalue weighted by Crippen LogP contribution is 2.22. The van der Waals surface area contributed by atoms with Gasteiger partial charge in [0.1, 0.15) is 0 Å². The van der Waals surface area contributed by atoms with Crippen molar-refractivity contribution in [3.05, 3.63) is 50.7 Å². The van der Waals surface area contributed by atoms with Crippen LogP contribution in [-0.2, 0) is 29.5 Å². The number of nitrogens with one attached hydrogen (secondary N) is 1. The lowest BCUT2D eigenvalue weighted by molar-refractivity contribution is 0.581. The number of thiophene rings is 1. The number of rotatable bonds is 6. The largest absolute Gasteiger partial charge is 0.326 e. The Kier molecular flexibility index (Phi) is 5.40. The fourth-order valence-corrected chi connectivity index (χ4v) is 4.29. The van der Waals surface area contributed by atoms with Gasteiger partial charge < -0.3 is 5.73 Å². The van der Waals surface area contributed by atoms with Gasteiger partial charge in [0.05, 0.1) is 4.90 Å². The van der Waals surface area contributed by atoms with Crippen LogP contribution in [0.4, 0.5) is 0 Å². The number of nitrogens with two attached hydrogens (primary N) is 1. The molecule has 114 valence electrons. The van der Waals surface area contributed by atoms with Crippen molar-refractivity contribution in [3.63, 3.8) is 0 Å².